The summed E-state index contributed by atoms with van der Waals surface area (Å²) >= 11 is 2.81. The number of carbonyl (C=O) groups is 1. The fraction of sp³-hybridized carbons (Fsp3) is 0. The molecule has 0 saturated heterocycles. The van der Waals surface area contributed by atoms with Crippen LogP contribution in [0.5, 0.6) is 11.5 Å². The van der Waals surface area contributed by atoms with Gasteiger partial charge >= 0.3 is 5.97 Å². The topological polar surface area (TPSA) is 104 Å². The highest BCUT2D eigenvalue weighted by Gasteiger charge is 2.17. The van der Waals surface area contributed by atoms with Crippen LogP contribution in [0.3, 0.4) is 0 Å². The fourth-order valence-electron chi connectivity index (χ4n) is 0.812. The van der Waals surface area contributed by atoms with E-state index in [9.17, 15) is 9.90 Å². The highest BCUT2D eigenvalue weighted by molar-refractivity contribution is 9.10. The minimum Gasteiger partial charge on any atom is -0.506 e. The van der Waals surface area contributed by atoms with E-state index in [0.29, 0.717) is 0 Å². The molecule has 1 aromatic carbocycles. The average molecular weight is 248 g/mol. The Kier molecular flexibility index (Phi) is 2.33. The first-order valence-corrected chi connectivity index (χ1v) is 3.97. The van der Waals surface area contributed by atoms with Gasteiger partial charge in [0.15, 0.2) is 5.75 Å². The molecule has 0 amide bonds. The molecule has 0 radical (unpaired) electrons. The number of hydrogen-bond donors (Lipinski definition) is 4. The van der Waals surface area contributed by atoms with Gasteiger partial charge in [-0.05, 0) is 22.0 Å². The number of carboxylic acids is 1. The van der Waals surface area contributed by atoms with Crippen molar-refractivity contribution in [2.45, 2.75) is 0 Å². The molecular formula is C7H6BrNO4. The molecule has 0 fully saturated rings. The maximum atomic E-state index is 10.5. The van der Waals surface area contributed by atoms with Crippen molar-refractivity contribution in [3.05, 3.63) is 16.1 Å². The minimum atomic E-state index is -1.31. The first-order chi connectivity index (χ1) is 5.95. The van der Waals surface area contributed by atoms with Crippen molar-refractivity contribution in [1.29, 1.82) is 0 Å². The molecule has 0 spiro atoms. The predicted molar refractivity (Wildman–Crippen MR) is 48.8 cm³/mol. The zero-order valence-electron chi connectivity index (χ0n) is 6.28. The third-order valence-corrected chi connectivity index (χ3v) is 2.23. The first-order valence-electron chi connectivity index (χ1n) is 3.18. The number of nitrogens with two attached hydrogens (primary N) is 1. The lowest BCUT2D eigenvalue weighted by molar-refractivity contribution is 0.0693. The van der Waals surface area contributed by atoms with Crippen LogP contribution in [0.1, 0.15) is 10.4 Å². The predicted octanol–water partition coefficient (Wildman–Crippen LogP) is 1.14. The van der Waals surface area contributed by atoms with E-state index in [2.05, 4.69) is 15.9 Å². The van der Waals surface area contributed by atoms with Crippen molar-refractivity contribution in [1.82, 2.24) is 0 Å². The Bertz CT molecular complexity index is 377. The van der Waals surface area contributed by atoms with E-state index < -0.39 is 11.7 Å². The van der Waals surface area contributed by atoms with Crippen molar-refractivity contribution in [2.24, 2.45) is 0 Å². The number of aromatic carboxylic acids is 1. The number of nitrogen functional groups attached to an aromatic ring is 1. The normalized spacial score (nSPS) is 9.92. The number of aromatic hydroxyl groups is 2. The van der Waals surface area contributed by atoms with Gasteiger partial charge in [0.2, 0.25) is 0 Å². The van der Waals surface area contributed by atoms with E-state index in [1.54, 1.807) is 0 Å². The van der Waals surface area contributed by atoms with Crippen LogP contribution in [0.4, 0.5) is 5.69 Å². The lowest BCUT2D eigenvalue weighted by atomic mass is 10.1. The molecule has 0 aliphatic rings. The Morgan fingerprint density at radius 2 is 1.92 bits per heavy atom. The van der Waals surface area contributed by atoms with Gasteiger partial charge in [0.05, 0.1) is 5.69 Å². The highest BCUT2D eigenvalue weighted by atomic mass is 79.9. The van der Waals surface area contributed by atoms with Crippen molar-refractivity contribution in [3.63, 3.8) is 0 Å². The van der Waals surface area contributed by atoms with Crippen molar-refractivity contribution in [3.8, 4) is 11.5 Å². The summed E-state index contributed by atoms with van der Waals surface area (Å²) in [5.74, 6) is -2.23. The van der Waals surface area contributed by atoms with Gasteiger partial charge in [0.25, 0.3) is 0 Å². The standard InChI is InChI=1S/C7H6BrNO4/c8-4-5(10)2(7(12)13)1-3(9)6(4)11/h1,10-11H,9H2,(H,12,13). The Morgan fingerprint density at radius 1 is 1.38 bits per heavy atom. The summed E-state index contributed by atoms with van der Waals surface area (Å²) < 4.78 is -0.120. The van der Waals surface area contributed by atoms with E-state index >= 15 is 0 Å². The summed E-state index contributed by atoms with van der Waals surface area (Å²) in [5.41, 5.74) is 4.81. The summed E-state index contributed by atoms with van der Waals surface area (Å²) in [6, 6.07) is 0.984. The number of rotatable bonds is 1. The number of benzene rings is 1. The number of phenolic OH excluding ortho intramolecular Hbond substituents is 1. The number of anilines is 1. The van der Waals surface area contributed by atoms with Crippen molar-refractivity contribution in [2.75, 3.05) is 5.73 Å². The molecule has 6 heteroatoms. The van der Waals surface area contributed by atoms with Crippen LogP contribution in [-0.4, -0.2) is 21.3 Å². The molecule has 13 heavy (non-hydrogen) atoms. The van der Waals surface area contributed by atoms with Gasteiger partial charge in [-0.15, -0.1) is 0 Å². The van der Waals surface area contributed by atoms with E-state index in [4.69, 9.17) is 15.9 Å². The smallest absolute Gasteiger partial charge is 0.339 e. The van der Waals surface area contributed by atoms with Gasteiger partial charge in [-0.1, -0.05) is 0 Å². The van der Waals surface area contributed by atoms with Crippen LogP contribution in [0.2, 0.25) is 0 Å². The largest absolute Gasteiger partial charge is 0.506 e. The second-order valence-electron chi connectivity index (χ2n) is 2.33. The number of carboxylic acid groups (broad SMARTS) is 1. The summed E-state index contributed by atoms with van der Waals surface area (Å²) in [6.45, 7) is 0. The Hall–Kier alpha value is -1.43. The maximum Gasteiger partial charge on any atom is 0.339 e. The average Bonchev–Trinajstić information content (AvgIpc) is 2.07. The van der Waals surface area contributed by atoms with Gasteiger partial charge in [-0.3, -0.25) is 0 Å². The Labute approximate surface area is 81.5 Å². The van der Waals surface area contributed by atoms with Crippen LogP contribution in [-0.2, 0) is 0 Å². The fourth-order valence-corrected chi connectivity index (χ4v) is 1.25. The third kappa shape index (κ3) is 1.52. The lowest BCUT2D eigenvalue weighted by Gasteiger charge is -2.06. The number of halogens is 1. The molecule has 5 N–H and O–H groups in total. The number of phenols is 2. The van der Waals surface area contributed by atoms with Gasteiger partial charge < -0.3 is 21.1 Å². The molecular weight excluding hydrogens is 242 g/mol. The number of hydrogen-bond acceptors (Lipinski definition) is 4. The molecule has 0 bridgehead atoms. The van der Waals surface area contributed by atoms with E-state index in [1.807, 2.05) is 0 Å². The SMILES string of the molecule is Nc1cc(C(=O)O)c(O)c(Br)c1O. The van der Waals surface area contributed by atoms with Crippen LogP contribution in [0, 0.1) is 0 Å². The van der Waals surface area contributed by atoms with Crippen LogP contribution < -0.4 is 5.73 Å². The van der Waals surface area contributed by atoms with Crippen molar-refractivity contribution < 1.29 is 20.1 Å². The summed E-state index contributed by atoms with van der Waals surface area (Å²) in [4.78, 5) is 10.5. The highest BCUT2D eigenvalue weighted by Crippen LogP contribution is 2.39. The van der Waals surface area contributed by atoms with Crippen LogP contribution in [0.15, 0.2) is 10.5 Å². The van der Waals surface area contributed by atoms with Gasteiger partial charge in [0.1, 0.15) is 15.8 Å². The van der Waals surface area contributed by atoms with Crippen LogP contribution in [0.25, 0.3) is 0 Å². The quantitative estimate of drug-likeness (QED) is 0.339. The summed E-state index contributed by atoms with van der Waals surface area (Å²) in [7, 11) is 0. The molecule has 0 aliphatic carbocycles. The van der Waals surface area contributed by atoms with E-state index in [1.165, 1.54) is 0 Å². The molecule has 0 unspecified atom stereocenters. The molecule has 1 aromatic rings. The molecule has 0 atom stereocenters. The second kappa shape index (κ2) is 3.14. The molecule has 70 valence electrons. The summed E-state index contributed by atoms with van der Waals surface area (Å²) in [5, 5.41) is 27.0. The molecule has 0 aliphatic heterocycles. The lowest BCUT2D eigenvalue weighted by Crippen LogP contribution is -1.99. The zero-order valence-corrected chi connectivity index (χ0v) is 7.87. The maximum absolute atomic E-state index is 10.5. The Morgan fingerprint density at radius 3 is 2.38 bits per heavy atom. The molecule has 5 nitrogen and oxygen atoms in total. The van der Waals surface area contributed by atoms with Gasteiger partial charge in [-0.2, -0.15) is 0 Å². The minimum absolute atomic E-state index is 0.109. The van der Waals surface area contributed by atoms with Gasteiger partial charge in [-0.25, -0.2) is 4.79 Å². The summed E-state index contributed by atoms with van der Waals surface area (Å²) in [6.07, 6.45) is 0. The molecule has 0 saturated carbocycles. The molecule has 0 aromatic heterocycles. The molecule has 1 rings (SSSR count). The Balaban J connectivity index is 3.50. The monoisotopic (exact) mass is 247 g/mol. The third-order valence-electron chi connectivity index (χ3n) is 1.47. The van der Waals surface area contributed by atoms with Crippen molar-refractivity contribution >= 4 is 27.6 Å². The first kappa shape index (κ1) is 9.66. The zero-order chi connectivity index (χ0) is 10.2. The van der Waals surface area contributed by atoms with E-state index in [-0.39, 0.29) is 21.5 Å². The van der Waals surface area contributed by atoms with Gasteiger partial charge in [0, 0.05) is 0 Å². The van der Waals surface area contributed by atoms with E-state index in [0.717, 1.165) is 6.07 Å². The van der Waals surface area contributed by atoms with Crippen LogP contribution >= 0.6 is 15.9 Å². The molecule has 0 heterocycles. The second-order valence-corrected chi connectivity index (χ2v) is 3.12.